The SMILES string of the molecule is O=C(c1ccc(Cn2cccn2)cc1)N1CCC(CO)CC1. The van der Waals surface area contributed by atoms with Gasteiger partial charge < -0.3 is 10.0 Å². The Bertz CT molecular complexity index is 599. The number of hydrogen-bond donors (Lipinski definition) is 1. The van der Waals surface area contributed by atoms with E-state index in [1.165, 1.54) is 0 Å². The van der Waals surface area contributed by atoms with Crippen molar-refractivity contribution >= 4 is 5.91 Å². The van der Waals surface area contributed by atoms with Gasteiger partial charge in [0.1, 0.15) is 0 Å². The molecule has 1 amide bonds. The molecule has 1 aromatic carbocycles. The first kappa shape index (κ1) is 14.8. The first-order chi connectivity index (χ1) is 10.8. The molecular formula is C17H21N3O2. The highest BCUT2D eigenvalue weighted by molar-refractivity contribution is 5.94. The minimum absolute atomic E-state index is 0.0852. The summed E-state index contributed by atoms with van der Waals surface area (Å²) in [4.78, 5) is 14.4. The number of piperidine rings is 1. The molecule has 0 radical (unpaired) electrons. The van der Waals surface area contributed by atoms with Crippen LogP contribution in [0.2, 0.25) is 0 Å². The van der Waals surface area contributed by atoms with E-state index in [-0.39, 0.29) is 12.5 Å². The molecule has 1 aromatic heterocycles. The third kappa shape index (κ3) is 3.36. The number of hydrogen-bond acceptors (Lipinski definition) is 3. The van der Waals surface area contributed by atoms with E-state index in [4.69, 9.17) is 5.11 Å². The third-order valence-electron chi connectivity index (χ3n) is 4.26. The van der Waals surface area contributed by atoms with Crippen LogP contribution in [0, 0.1) is 5.92 Å². The normalized spacial score (nSPS) is 16.0. The average Bonchev–Trinajstić information content (AvgIpc) is 3.08. The van der Waals surface area contributed by atoms with Gasteiger partial charge in [0.15, 0.2) is 0 Å². The van der Waals surface area contributed by atoms with Crippen molar-refractivity contribution in [3.05, 3.63) is 53.9 Å². The number of aromatic nitrogens is 2. The van der Waals surface area contributed by atoms with Gasteiger partial charge in [0.25, 0.3) is 5.91 Å². The molecule has 116 valence electrons. The predicted octanol–water partition coefficient (Wildman–Crippen LogP) is 1.78. The number of carbonyl (C=O) groups excluding carboxylic acids is 1. The Morgan fingerprint density at radius 1 is 1.23 bits per heavy atom. The highest BCUT2D eigenvalue weighted by Crippen LogP contribution is 2.18. The first-order valence-electron chi connectivity index (χ1n) is 7.73. The third-order valence-corrected chi connectivity index (χ3v) is 4.26. The van der Waals surface area contributed by atoms with Crippen molar-refractivity contribution in [1.29, 1.82) is 0 Å². The lowest BCUT2D eigenvalue weighted by molar-refractivity contribution is 0.0651. The van der Waals surface area contributed by atoms with Crippen LogP contribution in [0.1, 0.15) is 28.8 Å². The van der Waals surface area contributed by atoms with Crippen LogP contribution in [0.5, 0.6) is 0 Å². The van der Waals surface area contributed by atoms with Crippen LogP contribution >= 0.6 is 0 Å². The Kier molecular flexibility index (Phi) is 4.53. The van der Waals surface area contributed by atoms with Gasteiger partial charge in [0.2, 0.25) is 0 Å². The number of likely N-dealkylation sites (tertiary alicyclic amines) is 1. The Hall–Kier alpha value is -2.14. The lowest BCUT2D eigenvalue weighted by Gasteiger charge is -2.31. The van der Waals surface area contributed by atoms with Gasteiger partial charge in [0.05, 0.1) is 6.54 Å². The summed E-state index contributed by atoms with van der Waals surface area (Å²) in [6.07, 6.45) is 5.46. The van der Waals surface area contributed by atoms with Crippen LogP contribution in [0.3, 0.4) is 0 Å². The molecule has 2 aromatic rings. The van der Waals surface area contributed by atoms with Crippen molar-refractivity contribution in [2.24, 2.45) is 5.92 Å². The zero-order valence-electron chi connectivity index (χ0n) is 12.6. The summed E-state index contributed by atoms with van der Waals surface area (Å²) < 4.78 is 1.86. The molecule has 5 nitrogen and oxygen atoms in total. The summed E-state index contributed by atoms with van der Waals surface area (Å²) in [6.45, 7) is 2.41. The molecule has 1 aliphatic rings. The van der Waals surface area contributed by atoms with Crippen molar-refractivity contribution < 1.29 is 9.90 Å². The molecule has 0 saturated carbocycles. The predicted molar refractivity (Wildman–Crippen MR) is 83.5 cm³/mol. The molecule has 0 spiro atoms. The summed E-state index contributed by atoms with van der Waals surface area (Å²) in [5.41, 5.74) is 1.85. The standard InChI is InChI=1S/C17H21N3O2/c21-13-15-6-10-19(11-7-15)17(22)16-4-2-14(3-5-16)12-20-9-1-8-18-20/h1-5,8-9,15,21H,6-7,10-13H2. The summed E-state index contributed by atoms with van der Waals surface area (Å²) in [5.74, 6) is 0.433. The van der Waals surface area contributed by atoms with Crippen molar-refractivity contribution in [2.45, 2.75) is 19.4 Å². The molecule has 2 heterocycles. The van der Waals surface area contributed by atoms with Gasteiger partial charge in [-0.25, -0.2) is 0 Å². The van der Waals surface area contributed by atoms with Crippen molar-refractivity contribution in [1.82, 2.24) is 14.7 Å². The number of rotatable bonds is 4. The lowest BCUT2D eigenvalue weighted by Crippen LogP contribution is -2.39. The Labute approximate surface area is 130 Å². The maximum absolute atomic E-state index is 12.5. The molecule has 0 bridgehead atoms. The van der Waals surface area contributed by atoms with Crippen LogP contribution in [-0.2, 0) is 6.54 Å². The van der Waals surface area contributed by atoms with Gasteiger partial charge in [-0.15, -0.1) is 0 Å². The molecule has 1 saturated heterocycles. The highest BCUT2D eigenvalue weighted by atomic mass is 16.3. The quantitative estimate of drug-likeness (QED) is 0.936. The van der Waals surface area contributed by atoms with Gasteiger partial charge in [0, 0.05) is 37.7 Å². The van der Waals surface area contributed by atoms with Gasteiger partial charge in [-0.05, 0) is 42.5 Å². The first-order valence-corrected chi connectivity index (χ1v) is 7.73. The number of nitrogens with zero attached hydrogens (tertiary/aromatic N) is 3. The summed E-state index contributed by atoms with van der Waals surface area (Å²) in [7, 11) is 0. The average molecular weight is 299 g/mol. The Morgan fingerprint density at radius 3 is 2.55 bits per heavy atom. The zero-order chi connectivity index (χ0) is 15.4. The monoisotopic (exact) mass is 299 g/mol. The molecule has 0 atom stereocenters. The van der Waals surface area contributed by atoms with Gasteiger partial charge in [-0.3, -0.25) is 9.48 Å². The second-order valence-corrected chi connectivity index (χ2v) is 5.82. The number of aliphatic hydroxyl groups excluding tert-OH is 1. The molecule has 3 rings (SSSR count). The smallest absolute Gasteiger partial charge is 0.253 e. The van der Waals surface area contributed by atoms with Crippen LogP contribution in [-0.4, -0.2) is 45.4 Å². The van der Waals surface area contributed by atoms with E-state index >= 15 is 0 Å². The van der Waals surface area contributed by atoms with E-state index < -0.39 is 0 Å². The van der Waals surface area contributed by atoms with Crippen LogP contribution in [0.15, 0.2) is 42.7 Å². The number of aliphatic hydroxyl groups is 1. The topological polar surface area (TPSA) is 58.4 Å². The van der Waals surface area contributed by atoms with Crippen molar-refractivity contribution in [3.63, 3.8) is 0 Å². The minimum atomic E-state index is 0.0852. The molecule has 22 heavy (non-hydrogen) atoms. The minimum Gasteiger partial charge on any atom is -0.396 e. The molecule has 1 fully saturated rings. The van der Waals surface area contributed by atoms with E-state index in [2.05, 4.69) is 5.10 Å². The van der Waals surface area contributed by atoms with E-state index in [0.29, 0.717) is 12.5 Å². The number of amides is 1. The maximum atomic E-state index is 12.5. The summed E-state index contributed by atoms with van der Waals surface area (Å²) in [6, 6.07) is 9.64. The van der Waals surface area contributed by atoms with E-state index in [9.17, 15) is 4.79 Å². The number of benzene rings is 1. The Balaban J connectivity index is 1.61. The number of carbonyl (C=O) groups is 1. The van der Waals surface area contributed by atoms with E-state index in [1.807, 2.05) is 46.1 Å². The molecule has 5 heteroatoms. The van der Waals surface area contributed by atoms with Gasteiger partial charge in [-0.1, -0.05) is 12.1 Å². The van der Waals surface area contributed by atoms with E-state index in [1.54, 1.807) is 6.20 Å². The molecule has 1 aliphatic heterocycles. The molecule has 1 N–H and O–H groups in total. The lowest BCUT2D eigenvalue weighted by atomic mass is 9.97. The largest absolute Gasteiger partial charge is 0.396 e. The molecule has 0 aliphatic carbocycles. The second-order valence-electron chi connectivity index (χ2n) is 5.82. The molecule has 0 unspecified atom stereocenters. The molecular weight excluding hydrogens is 278 g/mol. The van der Waals surface area contributed by atoms with Gasteiger partial charge in [-0.2, -0.15) is 5.10 Å². The fourth-order valence-electron chi connectivity index (χ4n) is 2.83. The van der Waals surface area contributed by atoms with Crippen LogP contribution in [0.4, 0.5) is 0 Å². The fraction of sp³-hybridized carbons (Fsp3) is 0.412. The van der Waals surface area contributed by atoms with Crippen molar-refractivity contribution in [3.8, 4) is 0 Å². The van der Waals surface area contributed by atoms with Gasteiger partial charge >= 0.3 is 0 Å². The van der Waals surface area contributed by atoms with Crippen LogP contribution in [0.25, 0.3) is 0 Å². The Morgan fingerprint density at radius 2 is 1.95 bits per heavy atom. The van der Waals surface area contributed by atoms with Crippen LogP contribution < -0.4 is 0 Å². The second kappa shape index (κ2) is 6.75. The fourth-order valence-corrected chi connectivity index (χ4v) is 2.83. The van der Waals surface area contributed by atoms with Crippen molar-refractivity contribution in [2.75, 3.05) is 19.7 Å². The maximum Gasteiger partial charge on any atom is 0.253 e. The highest BCUT2D eigenvalue weighted by Gasteiger charge is 2.22. The van der Waals surface area contributed by atoms with E-state index in [0.717, 1.165) is 37.1 Å². The summed E-state index contributed by atoms with van der Waals surface area (Å²) >= 11 is 0. The zero-order valence-corrected chi connectivity index (χ0v) is 12.6. The summed E-state index contributed by atoms with van der Waals surface area (Å²) in [5, 5.41) is 13.3.